The maximum absolute atomic E-state index is 12.5. The van der Waals surface area contributed by atoms with E-state index in [-0.39, 0.29) is 13.2 Å². The number of aryl methyl sites for hydroxylation is 1. The zero-order valence-electron chi connectivity index (χ0n) is 40.5. The lowest BCUT2D eigenvalue weighted by atomic mass is 9.77. The van der Waals surface area contributed by atoms with E-state index < -0.39 is 14.2 Å². The molecular weight excluding hydrogens is 868 g/mol. The van der Waals surface area contributed by atoms with Crippen molar-refractivity contribution in [1.82, 2.24) is 9.80 Å². The van der Waals surface area contributed by atoms with Crippen molar-refractivity contribution in [2.24, 2.45) is 0 Å². The zero-order chi connectivity index (χ0) is 48.9. The third kappa shape index (κ3) is 13.8. The van der Waals surface area contributed by atoms with Gasteiger partial charge in [-0.15, -0.1) is 0 Å². The van der Waals surface area contributed by atoms with Crippen LogP contribution in [0.3, 0.4) is 0 Å². The molecule has 70 heavy (non-hydrogen) atoms. The lowest BCUT2D eigenvalue weighted by molar-refractivity contribution is -0.671. The summed E-state index contributed by atoms with van der Waals surface area (Å²) in [6, 6.07) is 40.9. The van der Waals surface area contributed by atoms with Crippen molar-refractivity contribution >= 4 is 81.3 Å². The van der Waals surface area contributed by atoms with Crippen LogP contribution in [-0.4, -0.2) is 69.8 Å². The maximum Gasteiger partial charge on any atom is 0.488 e. The molecule has 9 nitrogen and oxygen atoms in total. The third-order valence-electron chi connectivity index (χ3n) is 13.3. The Morgan fingerprint density at radius 3 is 1.66 bits per heavy atom. The Kier molecular flexibility index (Phi) is 19.6. The molecule has 0 radical (unpaired) electrons. The van der Waals surface area contributed by atoms with Gasteiger partial charge in [-0.05, 0) is 130 Å². The third-order valence-corrected chi connectivity index (χ3v) is 13.3. The van der Waals surface area contributed by atoms with E-state index in [9.17, 15) is 29.7 Å². The molecule has 4 N–H and O–H groups in total. The molecule has 7 rings (SSSR count). The zero-order valence-corrected chi connectivity index (χ0v) is 40.5. The summed E-state index contributed by atoms with van der Waals surface area (Å²) in [7, 11) is 1.01. The van der Waals surface area contributed by atoms with Crippen LogP contribution in [0.1, 0.15) is 106 Å². The lowest BCUT2D eigenvalue weighted by Gasteiger charge is -2.25. The standard InChI is InChI=1S/C58H66B2N3O6.CH4/c1-42(2)58(65)29-9-5-7-21-47(64)22-8-6-18-35-63-36-34-44(48-23-14-17-28-57(48)63)32-30-43-31-33-51-52(37-43)54(41-62(4)39-46-20-11-16-27-56(46)60(68)69)50-25-13-12-24-49(50)53(51)40-61(3)38-45-19-10-15-26-55(45)59(66)67;/h10-17,19-20,23-28,30-34,36-37,66-69H,1,5-9,18,21-22,29,35,38-41H2,2-4H3;1H4/q+1;/b32-30+;. The first kappa shape index (κ1) is 53.3. The first-order valence-electron chi connectivity index (χ1n) is 24.4. The van der Waals surface area contributed by atoms with Crippen molar-refractivity contribution in [3.8, 4) is 0 Å². The van der Waals surface area contributed by atoms with Crippen LogP contribution in [0, 0.1) is 0 Å². The Morgan fingerprint density at radius 2 is 1.07 bits per heavy atom. The first-order valence-corrected chi connectivity index (χ1v) is 24.4. The molecule has 0 aliphatic rings. The van der Waals surface area contributed by atoms with E-state index in [0.717, 1.165) is 94.4 Å². The van der Waals surface area contributed by atoms with Gasteiger partial charge < -0.3 is 20.1 Å². The van der Waals surface area contributed by atoms with Crippen molar-refractivity contribution in [1.29, 1.82) is 0 Å². The summed E-state index contributed by atoms with van der Waals surface area (Å²) in [5, 5.41) is 46.3. The molecule has 0 atom stereocenters. The van der Waals surface area contributed by atoms with Crippen molar-refractivity contribution in [2.75, 3.05) is 14.1 Å². The quantitative estimate of drug-likeness (QED) is 0.0147. The second-order valence-electron chi connectivity index (χ2n) is 18.7. The highest BCUT2D eigenvalue weighted by atomic mass is 16.4. The van der Waals surface area contributed by atoms with Crippen LogP contribution < -0.4 is 15.5 Å². The number of aromatic nitrogens is 1. The molecule has 0 fully saturated rings. The topological polar surface area (TPSA) is 125 Å². The molecule has 1 heterocycles. The largest absolute Gasteiger partial charge is 0.488 e. The van der Waals surface area contributed by atoms with Gasteiger partial charge in [-0.25, -0.2) is 0 Å². The number of ketones is 2. The van der Waals surface area contributed by atoms with Gasteiger partial charge in [0.15, 0.2) is 12.0 Å². The van der Waals surface area contributed by atoms with Crippen molar-refractivity contribution < 1.29 is 34.3 Å². The molecule has 1 aromatic heterocycles. The molecule has 6 aromatic carbocycles. The molecule has 7 aromatic rings. The molecule has 0 aliphatic carbocycles. The van der Waals surface area contributed by atoms with E-state index in [2.05, 4.69) is 126 Å². The number of Topliss-reactive ketones (excluding diaryl/α,β-unsaturated/α-hetero) is 2. The summed E-state index contributed by atoms with van der Waals surface area (Å²) in [6.45, 7) is 8.61. The average molecular weight is 939 g/mol. The highest BCUT2D eigenvalue weighted by Crippen LogP contribution is 2.36. The number of hydrogen-bond donors (Lipinski definition) is 4. The molecule has 11 heteroatoms. The minimum Gasteiger partial charge on any atom is -0.423 e. The maximum atomic E-state index is 12.5. The van der Waals surface area contributed by atoms with E-state index in [4.69, 9.17) is 0 Å². The second kappa shape index (κ2) is 25.7. The summed E-state index contributed by atoms with van der Waals surface area (Å²) in [4.78, 5) is 28.7. The van der Waals surface area contributed by atoms with Crippen LogP contribution >= 0.6 is 0 Å². The molecule has 0 unspecified atom stereocenters. The van der Waals surface area contributed by atoms with Crippen LogP contribution in [0.25, 0.3) is 44.6 Å². The van der Waals surface area contributed by atoms with Crippen LogP contribution in [0.4, 0.5) is 0 Å². The Balaban J connectivity index is 0.00000804. The Labute approximate surface area is 415 Å². The van der Waals surface area contributed by atoms with Gasteiger partial charge in [0.2, 0.25) is 5.52 Å². The van der Waals surface area contributed by atoms with E-state index >= 15 is 0 Å². The van der Waals surface area contributed by atoms with Crippen LogP contribution in [-0.2, 0) is 42.3 Å². The molecule has 0 spiro atoms. The van der Waals surface area contributed by atoms with Gasteiger partial charge in [-0.1, -0.05) is 130 Å². The number of allylic oxidation sites excluding steroid dienone is 1. The first-order chi connectivity index (χ1) is 33.4. The average Bonchev–Trinajstić information content (AvgIpc) is 3.34. The highest BCUT2D eigenvalue weighted by Gasteiger charge is 2.21. The second-order valence-corrected chi connectivity index (χ2v) is 18.7. The van der Waals surface area contributed by atoms with Crippen LogP contribution in [0.2, 0.25) is 0 Å². The monoisotopic (exact) mass is 939 g/mol. The van der Waals surface area contributed by atoms with E-state index in [1.54, 1.807) is 19.1 Å². The number of fused-ring (bicyclic) bond motifs is 3. The minimum atomic E-state index is -1.56. The Hall–Kier alpha value is -6.04. The fourth-order valence-corrected chi connectivity index (χ4v) is 9.65. The van der Waals surface area contributed by atoms with Gasteiger partial charge in [0.25, 0.3) is 0 Å². The van der Waals surface area contributed by atoms with Gasteiger partial charge >= 0.3 is 14.2 Å². The number of hydrogen-bond acceptors (Lipinski definition) is 8. The van der Waals surface area contributed by atoms with Gasteiger partial charge in [0.1, 0.15) is 12.3 Å². The van der Waals surface area contributed by atoms with Gasteiger partial charge in [0.05, 0.1) is 5.39 Å². The van der Waals surface area contributed by atoms with Crippen LogP contribution in [0.15, 0.2) is 140 Å². The number of unbranched alkanes of at least 4 members (excludes halogenated alkanes) is 4. The molecule has 0 amide bonds. The summed E-state index contributed by atoms with van der Waals surface area (Å²) in [5.41, 5.74) is 9.03. The van der Waals surface area contributed by atoms with Gasteiger partial charge in [-0.3, -0.25) is 19.4 Å². The van der Waals surface area contributed by atoms with Crippen molar-refractivity contribution in [2.45, 2.75) is 105 Å². The predicted molar refractivity (Wildman–Crippen MR) is 291 cm³/mol. The summed E-state index contributed by atoms with van der Waals surface area (Å²) in [5.74, 6) is 0.428. The van der Waals surface area contributed by atoms with Crippen molar-refractivity contribution in [3.63, 3.8) is 0 Å². The van der Waals surface area contributed by atoms with Crippen molar-refractivity contribution in [3.05, 3.63) is 173 Å². The number of carbonyl (C=O) groups excluding carboxylic acids is 2. The number of carbonyl (C=O) groups is 2. The molecule has 0 saturated carbocycles. The molecule has 0 saturated heterocycles. The molecule has 362 valence electrons. The predicted octanol–water partition coefficient (Wildman–Crippen LogP) is 9.09. The summed E-state index contributed by atoms with van der Waals surface area (Å²) >= 11 is 0. The normalized spacial score (nSPS) is 11.6. The lowest BCUT2D eigenvalue weighted by Crippen LogP contribution is -2.35. The Bertz CT molecular complexity index is 2950. The van der Waals surface area contributed by atoms with Gasteiger partial charge in [-0.2, -0.15) is 4.57 Å². The molecular formula is C59H70B2N3O6+. The highest BCUT2D eigenvalue weighted by molar-refractivity contribution is 6.59. The van der Waals surface area contributed by atoms with E-state index in [1.807, 2.05) is 36.4 Å². The molecule has 0 bridgehead atoms. The number of pyridine rings is 1. The smallest absolute Gasteiger partial charge is 0.423 e. The number of rotatable bonds is 25. The number of nitrogens with zero attached hydrogens (tertiary/aromatic N) is 3. The molecule has 0 aliphatic heterocycles. The fourth-order valence-electron chi connectivity index (χ4n) is 9.65. The summed E-state index contributed by atoms with van der Waals surface area (Å²) in [6.07, 6.45) is 13.7. The Morgan fingerprint density at radius 1 is 0.571 bits per heavy atom. The van der Waals surface area contributed by atoms with Gasteiger partial charge in [0, 0.05) is 64.0 Å². The van der Waals surface area contributed by atoms with Crippen LogP contribution in [0.5, 0.6) is 0 Å². The van der Waals surface area contributed by atoms with E-state index in [0.29, 0.717) is 67.7 Å². The minimum absolute atomic E-state index is 0. The SMILES string of the molecule is C.C=C(C)C(=O)CCCCCC(=O)CCCCC[n+]1ccc(/C=C/c2ccc3c(CN(C)Cc4ccccc4B(O)O)c4ccccc4c(CN(C)Cc4ccccc4B(O)O)c3c2)c2ccccc21. The number of benzene rings is 6. The fraction of sp³-hybridized carbons (Fsp3) is 0.305. The summed E-state index contributed by atoms with van der Waals surface area (Å²) < 4.78 is 2.31. The number of para-hydroxylation sites is 1. The van der Waals surface area contributed by atoms with E-state index in [1.165, 1.54) is 16.5 Å².